The zero-order valence-electron chi connectivity index (χ0n) is 7.31. The molecule has 0 aromatic carbocycles. The third-order valence-electron chi connectivity index (χ3n) is 1.78. The molecule has 0 radical (unpaired) electrons. The predicted octanol–water partition coefficient (Wildman–Crippen LogP) is 1.16. The number of anilines is 1. The minimum absolute atomic E-state index is 0.523. The van der Waals surface area contributed by atoms with E-state index in [1.54, 1.807) is 18.7 Å². The van der Waals surface area contributed by atoms with E-state index >= 15 is 0 Å². The number of hydrogen-bond donors (Lipinski definition) is 1. The number of nitrogens with two attached hydrogens (primary N) is 1. The van der Waals surface area contributed by atoms with Crippen LogP contribution in [0.15, 0.2) is 30.9 Å². The van der Waals surface area contributed by atoms with Gasteiger partial charge in [-0.15, -0.1) is 0 Å². The van der Waals surface area contributed by atoms with Gasteiger partial charge in [-0.05, 0) is 19.1 Å². The smallest absolute Gasteiger partial charge is 0.141 e. The van der Waals surface area contributed by atoms with E-state index < -0.39 is 0 Å². The summed E-state index contributed by atoms with van der Waals surface area (Å²) in [6.45, 7) is 1.95. The van der Waals surface area contributed by atoms with Crippen LogP contribution in [-0.2, 0) is 0 Å². The second-order valence-corrected chi connectivity index (χ2v) is 2.86. The number of rotatable bonds is 1. The van der Waals surface area contributed by atoms with Crippen LogP contribution in [0.2, 0.25) is 0 Å². The first kappa shape index (κ1) is 7.79. The van der Waals surface area contributed by atoms with Gasteiger partial charge in [0.15, 0.2) is 0 Å². The van der Waals surface area contributed by atoms with Gasteiger partial charge in [0.1, 0.15) is 12.1 Å². The number of nitrogen functional groups attached to an aromatic ring is 1. The minimum Gasteiger partial charge on any atom is -0.382 e. The van der Waals surface area contributed by atoms with E-state index in [1.165, 1.54) is 0 Å². The molecule has 0 aliphatic heterocycles. The highest BCUT2D eigenvalue weighted by Gasteiger charge is 1.97. The van der Waals surface area contributed by atoms with Gasteiger partial charge in [-0.2, -0.15) is 0 Å². The van der Waals surface area contributed by atoms with Crippen LogP contribution in [0.5, 0.6) is 0 Å². The first-order chi connectivity index (χ1) is 6.25. The van der Waals surface area contributed by atoms with Crippen molar-refractivity contribution >= 4 is 5.82 Å². The molecule has 0 amide bonds. The largest absolute Gasteiger partial charge is 0.382 e. The zero-order chi connectivity index (χ0) is 9.26. The summed E-state index contributed by atoms with van der Waals surface area (Å²) < 4.78 is 1.87. The summed E-state index contributed by atoms with van der Waals surface area (Å²) in [5.74, 6) is 0.523. The van der Waals surface area contributed by atoms with Crippen molar-refractivity contribution in [3.63, 3.8) is 0 Å². The van der Waals surface area contributed by atoms with Crippen molar-refractivity contribution in [3.05, 3.63) is 36.5 Å². The molecule has 4 heteroatoms. The third kappa shape index (κ3) is 1.51. The molecule has 0 saturated heterocycles. The quantitative estimate of drug-likeness (QED) is 0.705. The van der Waals surface area contributed by atoms with Gasteiger partial charge in [0.2, 0.25) is 0 Å². The molecule has 2 aromatic rings. The van der Waals surface area contributed by atoms with E-state index in [2.05, 4.69) is 9.97 Å². The molecule has 2 aromatic heterocycles. The Labute approximate surface area is 76.1 Å². The number of pyridine rings is 1. The van der Waals surface area contributed by atoms with Crippen LogP contribution in [0.1, 0.15) is 5.69 Å². The summed E-state index contributed by atoms with van der Waals surface area (Å²) in [4.78, 5) is 8.05. The fraction of sp³-hybridized carbons (Fsp3) is 0.111. The second kappa shape index (κ2) is 2.90. The molecule has 0 atom stereocenters. The van der Waals surface area contributed by atoms with Crippen LogP contribution >= 0.6 is 0 Å². The monoisotopic (exact) mass is 174 g/mol. The zero-order valence-corrected chi connectivity index (χ0v) is 7.31. The van der Waals surface area contributed by atoms with Crippen molar-refractivity contribution in [2.45, 2.75) is 6.92 Å². The van der Waals surface area contributed by atoms with E-state index in [0.29, 0.717) is 5.82 Å². The number of aryl methyl sites for hydroxylation is 1. The molecular weight excluding hydrogens is 164 g/mol. The van der Waals surface area contributed by atoms with Gasteiger partial charge in [0.25, 0.3) is 0 Å². The van der Waals surface area contributed by atoms with Crippen molar-refractivity contribution in [1.82, 2.24) is 14.5 Å². The molecule has 0 spiro atoms. The number of hydrogen-bond acceptors (Lipinski definition) is 3. The standard InChI is InChI=1S/C9H10N4/c1-7-4-8(2-3-11-7)13-5-9(10)12-6-13/h2-6H,10H2,1H3. The van der Waals surface area contributed by atoms with Crippen LogP contribution in [0.25, 0.3) is 5.69 Å². The normalized spacial score (nSPS) is 10.2. The van der Waals surface area contributed by atoms with Crippen LogP contribution < -0.4 is 5.73 Å². The molecule has 2 rings (SSSR count). The van der Waals surface area contributed by atoms with E-state index in [-0.39, 0.29) is 0 Å². The average Bonchev–Trinajstić information content (AvgIpc) is 2.52. The van der Waals surface area contributed by atoms with Gasteiger partial charge in [0.05, 0.1) is 6.20 Å². The number of aromatic nitrogens is 3. The molecule has 13 heavy (non-hydrogen) atoms. The highest BCUT2D eigenvalue weighted by molar-refractivity contribution is 5.36. The van der Waals surface area contributed by atoms with Gasteiger partial charge in [-0.1, -0.05) is 0 Å². The van der Waals surface area contributed by atoms with Crippen LogP contribution in [0, 0.1) is 6.92 Å². The van der Waals surface area contributed by atoms with Gasteiger partial charge < -0.3 is 10.3 Å². The summed E-state index contributed by atoms with van der Waals surface area (Å²) in [6, 6.07) is 3.88. The molecule has 0 fully saturated rings. The molecular formula is C9H10N4. The van der Waals surface area contributed by atoms with E-state index in [0.717, 1.165) is 11.4 Å². The molecule has 2 heterocycles. The van der Waals surface area contributed by atoms with Crippen molar-refractivity contribution in [2.75, 3.05) is 5.73 Å². The van der Waals surface area contributed by atoms with Crippen molar-refractivity contribution < 1.29 is 0 Å². The van der Waals surface area contributed by atoms with E-state index in [4.69, 9.17) is 5.73 Å². The number of nitrogens with zero attached hydrogens (tertiary/aromatic N) is 3. The Morgan fingerprint density at radius 1 is 1.38 bits per heavy atom. The molecule has 0 bridgehead atoms. The van der Waals surface area contributed by atoms with Crippen molar-refractivity contribution in [2.24, 2.45) is 0 Å². The Morgan fingerprint density at radius 3 is 2.85 bits per heavy atom. The highest BCUT2D eigenvalue weighted by atomic mass is 15.1. The lowest BCUT2D eigenvalue weighted by molar-refractivity contribution is 1.03. The minimum atomic E-state index is 0.523. The van der Waals surface area contributed by atoms with Crippen LogP contribution in [0.4, 0.5) is 5.82 Å². The molecule has 0 saturated carbocycles. The first-order valence-electron chi connectivity index (χ1n) is 3.98. The maximum Gasteiger partial charge on any atom is 0.141 e. The molecule has 0 aliphatic carbocycles. The first-order valence-corrected chi connectivity index (χ1v) is 3.98. The van der Waals surface area contributed by atoms with Crippen LogP contribution in [0.3, 0.4) is 0 Å². The molecule has 2 N–H and O–H groups in total. The molecule has 0 unspecified atom stereocenters. The highest BCUT2D eigenvalue weighted by Crippen LogP contribution is 2.09. The Balaban J connectivity index is 2.46. The lowest BCUT2D eigenvalue weighted by Crippen LogP contribution is -1.91. The Bertz CT molecular complexity index is 419. The molecule has 4 nitrogen and oxygen atoms in total. The number of imidazole rings is 1. The van der Waals surface area contributed by atoms with Crippen molar-refractivity contribution in [3.8, 4) is 5.69 Å². The third-order valence-corrected chi connectivity index (χ3v) is 1.78. The van der Waals surface area contributed by atoms with Crippen molar-refractivity contribution in [1.29, 1.82) is 0 Å². The van der Waals surface area contributed by atoms with E-state index in [9.17, 15) is 0 Å². The maximum absolute atomic E-state index is 5.51. The SMILES string of the molecule is Cc1cc(-n2cnc(N)c2)ccn1. The maximum atomic E-state index is 5.51. The summed E-state index contributed by atoms with van der Waals surface area (Å²) in [5.41, 5.74) is 7.51. The summed E-state index contributed by atoms with van der Waals surface area (Å²) in [6.07, 6.45) is 5.22. The molecule has 0 aliphatic rings. The lowest BCUT2D eigenvalue weighted by atomic mass is 10.3. The second-order valence-electron chi connectivity index (χ2n) is 2.86. The summed E-state index contributed by atoms with van der Waals surface area (Å²) in [5, 5.41) is 0. The van der Waals surface area contributed by atoms with Gasteiger partial charge in [-0.3, -0.25) is 4.98 Å². The van der Waals surface area contributed by atoms with Gasteiger partial charge in [0, 0.05) is 17.6 Å². The average molecular weight is 174 g/mol. The van der Waals surface area contributed by atoms with Crippen LogP contribution in [-0.4, -0.2) is 14.5 Å². The summed E-state index contributed by atoms with van der Waals surface area (Å²) >= 11 is 0. The summed E-state index contributed by atoms with van der Waals surface area (Å²) in [7, 11) is 0. The Morgan fingerprint density at radius 2 is 2.23 bits per heavy atom. The van der Waals surface area contributed by atoms with E-state index in [1.807, 2.05) is 23.6 Å². The predicted molar refractivity (Wildman–Crippen MR) is 50.5 cm³/mol. The van der Waals surface area contributed by atoms with Gasteiger partial charge in [-0.25, -0.2) is 4.98 Å². The topological polar surface area (TPSA) is 56.7 Å². The fourth-order valence-corrected chi connectivity index (χ4v) is 1.17. The van der Waals surface area contributed by atoms with Gasteiger partial charge >= 0.3 is 0 Å². The lowest BCUT2D eigenvalue weighted by Gasteiger charge is -2.00. The Hall–Kier alpha value is -1.84. The molecule has 66 valence electrons. The Kier molecular flexibility index (Phi) is 1.73. The fourth-order valence-electron chi connectivity index (χ4n) is 1.17.